The van der Waals surface area contributed by atoms with Crippen LogP contribution in [0.5, 0.6) is 0 Å². The summed E-state index contributed by atoms with van der Waals surface area (Å²) in [6.45, 7) is 5.98. The summed E-state index contributed by atoms with van der Waals surface area (Å²) < 4.78 is 0. The van der Waals surface area contributed by atoms with Crippen LogP contribution in [-0.2, 0) is 4.79 Å². The van der Waals surface area contributed by atoms with E-state index >= 15 is 0 Å². The minimum absolute atomic E-state index is 0.0510. The van der Waals surface area contributed by atoms with Crippen LogP contribution < -0.4 is 0 Å². The fraction of sp³-hybridized carbons (Fsp3) is 0.875. The minimum atomic E-state index is -0.172. The predicted octanol–water partition coefficient (Wildman–Crippen LogP) is 1.66. The van der Waals surface area contributed by atoms with Crippen molar-refractivity contribution < 1.29 is 10.0 Å². The van der Waals surface area contributed by atoms with E-state index in [9.17, 15) is 4.79 Å². The number of carbonyl (C=O) groups excluding carboxylic acids is 1. The molecule has 0 aromatic carbocycles. The average molecular weight is 159 g/mol. The topological polar surface area (TPSA) is 40.5 Å². The van der Waals surface area contributed by atoms with Gasteiger partial charge in [0.25, 0.3) is 0 Å². The van der Waals surface area contributed by atoms with Gasteiger partial charge in [0.05, 0.1) is 0 Å². The largest absolute Gasteiger partial charge is 0.286 e. The third-order valence-electron chi connectivity index (χ3n) is 1.70. The molecule has 0 fully saturated rings. The molecule has 0 aromatic rings. The summed E-state index contributed by atoms with van der Waals surface area (Å²) in [4.78, 5) is 11.1. The number of hydrogen-bond donors (Lipinski definition) is 1. The smallest absolute Gasteiger partial charge is 0.248 e. The van der Waals surface area contributed by atoms with Gasteiger partial charge in [-0.2, -0.15) is 0 Å². The molecule has 0 radical (unpaired) electrons. The van der Waals surface area contributed by atoms with Crippen molar-refractivity contribution in [1.29, 1.82) is 0 Å². The van der Waals surface area contributed by atoms with Gasteiger partial charge in [0.2, 0.25) is 5.91 Å². The molecule has 0 aliphatic heterocycles. The second kappa shape index (κ2) is 5.13. The Hall–Kier alpha value is -0.570. The first-order chi connectivity index (χ1) is 5.13. The summed E-state index contributed by atoms with van der Waals surface area (Å²) >= 11 is 0. The van der Waals surface area contributed by atoms with Crippen LogP contribution in [0, 0.1) is 5.92 Å². The normalized spacial score (nSPS) is 12.7. The number of amides is 1. The molecule has 0 aromatic heterocycles. The number of hydrogen-bond acceptors (Lipinski definition) is 2. The Morgan fingerprint density at radius 2 is 2.09 bits per heavy atom. The molecular weight excluding hydrogens is 142 g/mol. The Bertz CT molecular complexity index is 125. The molecule has 0 spiro atoms. The van der Waals surface area contributed by atoms with Crippen molar-refractivity contribution in [2.75, 3.05) is 6.54 Å². The molecule has 0 heterocycles. The minimum Gasteiger partial charge on any atom is -0.286 e. The molecule has 0 saturated carbocycles. The van der Waals surface area contributed by atoms with Crippen LogP contribution >= 0.6 is 0 Å². The third-order valence-corrected chi connectivity index (χ3v) is 1.70. The van der Waals surface area contributed by atoms with Gasteiger partial charge in [0.15, 0.2) is 0 Å². The van der Waals surface area contributed by atoms with Crippen molar-refractivity contribution in [2.24, 2.45) is 5.92 Å². The zero-order valence-electron chi connectivity index (χ0n) is 7.50. The van der Waals surface area contributed by atoms with Crippen LogP contribution in [0.15, 0.2) is 0 Å². The Kier molecular flexibility index (Phi) is 4.86. The molecule has 1 N–H and O–H groups in total. The van der Waals surface area contributed by atoms with Gasteiger partial charge in [-0.3, -0.25) is 10.0 Å². The quantitative estimate of drug-likeness (QED) is 0.500. The maximum absolute atomic E-state index is 11.1. The SMILES string of the molecule is CCCC(C)C(=O)N(O)CC. The van der Waals surface area contributed by atoms with E-state index in [1.807, 2.05) is 13.8 Å². The summed E-state index contributed by atoms with van der Waals surface area (Å²) in [6, 6.07) is 0. The highest BCUT2D eigenvalue weighted by Crippen LogP contribution is 2.07. The standard InChI is InChI=1S/C8H17NO2/c1-4-6-7(3)8(10)9(11)5-2/h7,11H,4-6H2,1-3H3. The third kappa shape index (κ3) is 3.37. The van der Waals surface area contributed by atoms with Crippen LogP contribution in [0.3, 0.4) is 0 Å². The Labute approximate surface area is 68.0 Å². The number of hydroxylamine groups is 2. The van der Waals surface area contributed by atoms with Crippen LogP contribution in [0.1, 0.15) is 33.6 Å². The Balaban J connectivity index is 3.81. The Morgan fingerprint density at radius 1 is 1.55 bits per heavy atom. The molecule has 0 rings (SSSR count). The van der Waals surface area contributed by atoms with E-state index in [1.54, 1.807) is 6.92 Å². The summed E-state index contributed by atoms with van der Waals surface area (Å²) in [5, 5.41) is 9.79. The molecule has 0 bridgehead atoms. The molecular formula is C8H17NO2. The molecule has 0 saturated heterocycles. The lowest BCUT2D eigenvalue weighted by Crippen LogP contribution is -2.31. The molecule has 11 heavy (non-hydrogen) atoms. The lowest BCUT2D eigenvalue weighted by atomic mass is 10.1. The summed E-state index contributed by atoms with van der Waals surface area (Å²) in [5.74, 6) is -0.223. The van der Waals surface area contributed by atoms with Crippen molar-refractivity contribution >= 4 is 5.91 Å². The molecule has 3 nitrogen and oxygen atoms in total. The first kappa shape index (κ1) is 10.4. The highest BCUT2D eigenvalue weighted by molar-refractivity contribution is 5.77. The zero-order chi connectivity index (χ0) is 8.85. The van der Waals surface area contributed by atoms with Gasteiger partial charge in [-0.15, -0.1) is 0 Å². The fourth-order valence-corrected chi connectivity index (χ4v) is 0.967. The molecule has 0 aliphatic carbocycles. The van der Waals surface area contributed by atoms with Crippen molar-refractivity contribution in [3.63, 3.8) is 0 Å². The van der Waals surface area contributed by atoms with E-state index in [-0.39, 0.29) is 11.8 Å². The molecule has 1 amide bonds. The van der Waals surface area contributed by atoms with Gasteiger partial charge in [-0.25, -0.2) is 5.06 Å². The van der Waals surface area contributed by atoms with E-state index in [1.165, 1.54) is 0 Å². The highest BCUT2D eigenvalue weighted by atomic mass is 16.5. The van der Waals surface area contributed by atoms with Crippen molar-refractivity contribution in [3.05, 3.63) is 0 Å². The van der Waals surface area contributed by atoms with E-state index in [2.05, 4.69) is 0 Å². The second-order valence-corrected chi connectivity index (χ2v) is 2.74. The van der Waals surface area contributed by atoms with Gasteiger partial charge < -0.3 is 0 Å². The first-order valence-electron chi connectivity index (χ1n) is 4.13. The summed E-state index contributed by atoms with van der Waals surface area (Å²) in [7, 11) is 0. The summed E-state index contributed by atoms with van der Waals surface area (Å²) in [5.41, 5.74) is 0. The number of nitrogens with zero attached hydrogens (tertiary/aromatic N) is 1. The number of rotatable bonds is 4. The second-order valence-electron chi connectivity index (χ2n) is 2.74. The van der Waals surface area contributed by atoms with Crippen LogP contribution in [-0.4, -0.2) is 22.7 Å². The van der Waals surface area contributed by atoms with Gasteiger partial charge in [-0.1, -0.05) is 20.3 Å². The van der Waals surface area contributed by atoms with Crippen molar-refractivity contribution in [2.45, 2.75) is 33.6 Å². The van der Waals surface area contributed by atoms with E-state index in [4.69, 9.17) is 5.21 Å². The van der Waals surface area contributed by atoms with E-state index in [0.29, 0.717) is 6.54 Å². The van der Waals surface area contributed by atoms with E-state index in [0.717, 1.165) is 17.9 Å². The van der Waals surface area contributed by atoms with E-state index < -0.39 is 0 Å². The van der Waals surface area contributed by atoms with Gasteiger partial charge in [-0.05, 0) is 13.3 Å². The lowest BCUT2D eigenvalue weighted by molar-refractivity contribution is -0.168. The Morgan fingerprint density at radius 3 is 2.45 bits per heavy atom. The molecule has 1 atom stereocenters. The van der Waals surface area contributed by atoms with Gasteiger partial charge in [0.1, 0.15) is 0 Å². The average Bonchev–Trinajstić information content (AvgIpc) is 2.02. The maximum atomic E-state index is 11.1. The lowest BCUT2D eigenvalue weighted by Gasteiger charge is -2.16. The number of carbonyl (C=O) groups is 1. The van der Waals surface area contributed by atoms with Crippen molar-refractivity contribution in [1.82, 2.24) is 5.06 Å². The van der Waals surface area contributed by atoms with Gasteiger partial charge >= 0.3 is 0 Å². The predicted molar refractivity (Wildman–Crippen MR) is 43.2 cm³/mol. The maximum Gasteiger partial charge on any atom is 0.248 e. The zero-order valence-corrected chi connectivity index (χ0v) is 7.50. The summed E-state index contributed by atoms with van der Waals surface area (Å²) in [6.07, 6.45) is 1.82. The molecule has 3 heteroatoms. The van der Waals surface area contributed by atoms with Crippen LogP contribution in [0.25, 0.3) is 0 Å². The van der Waals surface area contributed by atoms with Gasteiger partial charge in [0, 0.05) is 12.5 Å². The highest BCUT2D eigenvalue weighted by Gasteiger charge is 2.16. The van der Waals surface area contributed by atoms with Crippen molar-refractivity contribution in [3.8, 4) is 0 Å². The van der Waals surface area contributed by atoms with Crippen LogP contribution in [0.2, 0.25) is 0 Å². The molecule has 1 unspecified atom stereocenters. The first-order valence-corrected chi connectivity index (χ1v) is 4.13. The molecule has 66 valence electrons. The monoisotopic (exact) mass is 159 g/mol. The fourth-order valence-electron chi connectivity index (χ4n) is 0.967. The molecule has 0 aliphatic rings. The van der Waals surface area contributed by atoms with Crippen LogP contribution in [0.4, 0.5) is 0 Å².